The standard InChI is InChI=1S/C82H108N14O16S/c1-44(2)35-60-73(100)92-66(46(5)6)74(101)89-61(76(103)96-34-22-28-63(96)78(105)109-41-50-23-17-15-18-24-50)38-55-54-30-29-52(65(45(3)4)67(75(102)88-60)93-72(99)58-31-32-64(97)86-58)36-59(54)87-70(55)95-40-53(85-43-95)37-62(77(104)112-81(10,11)12)90-71(98)57(91-80(106)110-42-51-25-19-16-20-26-51)27-21-33-84-79(83)94-113(107,108)69-48(8)47(7)68-56(49(69)9)39-82(13,14)111-68/h15-20,23-26,29-30,36,40,43-46,57-58,60-63,65-67,87H,21-22,27-28,31-35,37-39,41-42H2,1-14H3,(H,86,97)(H,88,102)(H,89,101)(H,90,98)(H,91,106)(H,92,100)(H,93,99)(H3,83,84,94)/t57-,58-,60-,61-,62-,63-,65+,66-,67-/m0/s1. The van der Waals surface area contributed by atoms with E-state index in [0.717, 1.165) is 11.1 Å². The van der Waals surface area contributed by atoms with Crippen LogP contribution in [0.25, 0.3) is 16.7 Å². The number of nitrogens with zero attached hydrogens (tertiary/aromatic N) is 4. The minimum Gasteiger partial charge on any atom is -0.487 e. The number of aromatic amines is 1. The molecule has 0 unspecified atom stereocenters. The molecule has 6 aromatic rings. The van der Waals surface area contributed by atoms with Gasteiger partial charge in [-0.2, -0.15) is 0 Å². The van der Waals surface area contributed by atoms with Crippen LogP contribution >= 0.6 is 0 Å². The van der Waals surface area contributed by atoms with E-state index in [0.29, 0.717) is 68.7 Å². The fourth-order valence-electron chi connectivity index (χ4n) is 15.1. The van der Waals surface area contributed by atoms with Gasteiger partial charge >= 0.3 is 18.0 Å². The van der Waals surface area contributed by atoms with Gasteiger partial charge in [0, 0.05) is 72.9 Å². The molecule has 113 heavy (non-hydrogen) atoms. The van der Waals surface area contributed by atoms with Crippen molar-refractivity contribution < 1.29 is 75.3 Å². The SMILES string of the molecule is Cc1c(C)c(S(=O)(=O)NC(N)=NCCC[C@H](NC(=O)OCc2ccccc2)C(=O)N[C@@H](Cc2cn(-c3[nH]c4cc5ccc4c3C[C@@H](C(=O)N3CCC[C@H]3C(=O)OCc3ccccc3)NC(=O)[C@H](C(C)C)NC(=O)[C@H](CC(C)C)NC(=O)[C@@H](NC(=O)[C@@H]3CCC(=O)N3)[C@@H]5C(C)C)cn2)C(=O)OC(C)(C)C)c(C)c2c1OC(C)(C)C2. The summed E-state index contributed by atoms with van der Waals surface area (Å²) in [6, 6.07) is 13.1. The van der Waals surface area contributed by atoms with Gasteiger partial charge in [0.25, 0.3) is 10.0 Å². The molecule has 9 atom stereocenters. The second-order valence-electron chi connectivity index (χ2n) is 32.5. The van der Waals surface area contributed by atoms with Crippen LogP contribution in [-0.4, -0.2) is 166 Å². The first-order chi connectivity index (χ1) is 53.3. The van der Waals surface area contributed by atoms with Crippen LogP contribution in [0.5, 0.6) is 5.75 Å². The van der Waals surface area contributed by atoms with Crippen LogP contribution in [0.2, 0.25) is 0 Å². The topological polar surface area (TPSA) is 413 Å². The molecule has 5 aliphatic rings. The Morgan fingerprint density at radius 1 is 0.779 bits per heavy atom. The van der Waals surface area contributed by atoms with Crippen molar-refractivity contribution in [1.29, 1.82) is 0 Å². The average Bonchev–Trinajstić information content (AvgIpc) is 1.72. The Morgan fingerprint density at radius 3 is 2.10 bits per heavy atom. The molecule has 30 nitrogen and oxygen atoms in total. The predicted molar refractivity (Wildman–Crippen MR) is 421 cm³/mol. The van der Waals surface area contributed by atoms with Gasteiger partial charge in [0.1, 0.15) is 90.6 Å². The van der Waals surface area contributed by atoms with E-state index in [1.165, 1.54) is 11.2 Å². The third kappa shape index (κ3) is 21.1. The number of fused-ring (bicyclic) bond motifs is 13. The van der Waals surface area contributed by atoms with E-state index in [9.17, 15) is 42.0 Å². The minimum atomic E-state index is -4.29. The van der Waals surface area contributed by atoms with Gasteiger partial charge in [0.05, 0.1) is 10.6 Å². The number of nitrogens with two attached hydrogens (primary N) is 1. The molecule has 11 N–H and O–H groups in total. The van der Waals surface area contributed by atoms with Gasteiger partial charge in [0.15, 0.2) is 0 Å². The molecule has 4 bridgehead atoms. The van der Waals surface area contributed by atoms with Gasteiger partial charge < -0.3 is 71.8 Å². The summed E-state index contributed by atoms with van der Waals surface area (Å²) in [7, 11) is -4.29. The summed E-state index contributed by atoms with van der Waals surface area (Å²) in [6.07, 6.45) is 2.92. The number of hydrogen-bond acceptors (Lipinski definition) is 18. The third-order valence-electron chi connectivity index (χ3n) is 20.8. The number of carbonyl (C=O) groups is 10. The number of likely N-dealkylation sites (tertiary alicyclic amines) is 1. The number of alkyl carbamates (subject to hydrolysis) is 1. The van der Waals surface area contributed by atoms with Gasteiger partial charge in [0.2, 0.25) is 47.3 Å². The van der Waals surface area contributed by atoms with Gasteiger partial charge in [-0.25, -0.2) is 32.5 Å². The number of aliphatic imine (C=N–C) groups is 1. The number of sulfonamides is 1. The molecular weight excluding hydrogens is 1470 g/mol. The highest BCUT2D eigenvalue weighted by molar-refractivity contribution is 7.90. The van der Waals surface area contributed by atoms with Gasteiger partial charge in [-0.05, 0) is 151 Å². The molecule has 2 fully saturated rings. The van der Waals surface area contributed by atoms with E-state index < -0.39 is 147 Å². The number of rotatable bonds is 25. The molecule has 0 spiro atoms. The van der Waals surface area contributed by atoms with E-state index in [1.54, 1.807) is 109 Å². The zero-order valence-electron chi connectivity index (χ0n) is 66.8. The van der Waals surface area contributed by atoms with Crippen molar-refractivity contribution in [3.05, 3.63) is 142 Å². The van der Waals surface area contributed by atoms with Crippen molar-refractivity contribution in [2.24, 2.45) is 28.5 Å². The van der Waals surface area contributed by atoms with E-state index in [1.807, 2.05) is 77.9 Å². The average molecular weight is 1580 g/mol. The van der Waals surface area contributed by atoms with Gasteiger partial charge in [-0.15, -0.1) is 0 Å². The first-order valence-electron chi connectivity index (χ1n) is 38.7. The van der Waals surface area contributed by atoms with Gasteiger partial charge in [-0.3, -0.25) is 43.1 Å². The first-order valence-corrected chi connectivity index (χ1v) is 40.2. The van der Waals surface area contributed by atoms with Crippen LogP contribution in [-0.2, 0) is 99.9 Å². The lowest BCUT2D eigenvalue weighted by molar-refractivity contribution is -0.158. The monoisotopic (exact) mass is 1580 g/mol. The molecule has 31 heteroatoms. The second-order valence-corrected chi connectivity index (χ2v) is 34.2. The molecule has 0 saturated carbocycles. The van der Waals surface area contributed by atoms with E-state index >= 15 is 14.4 Å². The summed E-state index contributed by atoms with van der Waals surface area (Å²) in [5, 5.41) is 20.4. The summed E-state index contributed by atoms with van der Waals surface area (Å²) in [5.74, 6) is -7.59. The maximum atomic E-state index is 15.7. The molecule has 0 aliphatic carbocycles. The molecule has 2 aromatic heterocycles. The number of guanidine groups is 1. The lowest BCUT2D eigenvalue weighted by Crippen LogP contribution is -2.61. The number of amides is 8. The number of H-pyrrole nitrogens is 1. The van der Waals surface area contributed by atoms with Crippen molar-refractivity contribution in [1.82, 2.24) is 61.4 Å². The normalized spacial score (nSPS) is 20.7. The fraction of sp³-hybridized carbons (Fsp3) is 0.512. The number of ether oxygens (including phenoxy) is 4. The Kier molecular flexibility index (Phi) is 26.9. The molecule has 0 radical (unpaired) electrons. The number of esters is 2. The smallest absolute Gasteiger partial charge is 0.408 e. The molecule has 5 aliphatic heterocycles. The number of hydrogen-bond donors (Lipinski definition) is 10. The highest BCUT2D eigenvalue weighted by atomic mass is 32.2. The fourth-order valence-corrected chi connectivity index (χ4v) is 16.7. The highest BCUT2D eigenvalue weighted by Crippen LogP contribution is 2.44. The number of benzene rings is 4. The Bertz CT molecular complexity index is 4700. The quantitative estimate of drug-likeness (QED) is 0.00713. The summed E-state index contributed by atoms with van der Waals surface area (Å²) >= 11 is 0. The molecule has 4 aromatic carbocycles. The maximum absolute atomic E-state index is 15.7. The highest BCUT2D eigenvalue weighted by Gasteiger charge is 2.44. The number of imidazole rings is 1. The Labute approximate surface area is 659 Å². The van der Waals surface area contributed by atoms with E-state index in [2.05, 4.69) is 51.9 Å². The molecular formula is C82H108N14O16S. The van der Waals surface area contributed by atoms with Crippen LogP contribution in [0.3, 0.4) is 0 Å². The van der Waals surface area contributed by atoms with Crippen LogP contribution in [0.15, 0.2) is 101 Å². The molecule has 8 amide bonds. The molecule has 2 saturated heterocycles. The lowest BCUT2D eigenvalue weighted by atomic mass is 9.81. The van der Waals surface area contributed by atoms with Crippen LogP contribution in [0, 0.1) is 38.5 Å². The summed E-state index contributed by atoms with van der Waals surface area (Å²) < 4.78 is 55.8. The van der Waals surface area contributed by atoms with E-state index in [4.69, 9.17) is 29.7 Å². The first kappa shape index (κ1) is 84.6. The Morgan fingerprint density at radius 2 is 1.46 bits per heavy atom. The molecule has 7 heterocycles. The number of carbonyl (C=O) groups excluding carboxylic acids is 10. The lowest BCUT2D eigenvalue weighted by Gasteiger charge is -2.33. The molecule has 11 rings (SSSR count). The van der Waals surface area contributed by atoms with Crippen molar-refractivity contribution in [2.75, 3.05) is 13.1 Å². The van der Waals surface area contributed by atoms with Crippen molar-refractivity contribution in [3.8, 4) is 11.6 Å². The second kappa shape index (κ2) is 35.9. The van der Waals surface area contributed by atoms with Crippen LogP contribution in [0.4, 0.5) is 4.79 Å². The van der Waals surface area contributed by atoms with Crippen LogP contribution < -0.4 is 52.4 Å². The zero-order valence-corrected chi connectivity index (χ0v) is 67.6. The van der Waals surface area contributed by atoms with E-state index in [-0.39, 0.29) is 100 Å². The summed E-state index contributed by atoms with van der Waals surface area (Å²) in [5.41, 5.74) is 10.1. The molecule has 608 valence electrons. The predicted octanol–water partition coefficient (Wildman–Crippen LogP) is 6.68. The van der Waals surface area contributed by atoms with Crippen molar-refractivity contribution >= 4 is 86.3 Å². The van der Waals surface area contributed by atoms with Crippen molar-refractivity contribution in [3.63, 3.8) is 0 Å². The Hall–Kier alpha value is -10.8. The number of aromatic nitrogens is 3. The largest absolute Gasteiger partial charge is 0.487 e. The van der Waals surface area contributed by atoms with Gasteiger partial charge in [-0.1, -0.05) is 114 Å². The number of nitrogens with one attached hydrogen (secondary N) is 9. The summed E-state index contributed by atoms with van der Waals surface area (Å²) in [4.78, 5) is 159. The zero-order chi connectivity index (χ0) is 82.1. The minimum absolute atomic E-state index is 0.0352. The van der Waals surface area contributed by atoms with Crippen LogP contribution in [0.1, 0.15) is 177 Å². The van der Waals surface area contributed by atoms with Crippen molar-refractivity contribution in [2.45, 2.75) is 245 Å². The third-order valence-corrected chi connectivity index (χ3v) is 22.4. The summed E-state index contributed by atoms with van der Waals surface area (Å²) in [6.45, 7) is 24.7. The Balaban J connectivity index is 1.01. The maximum Gasteiger partial charge on any atom is 0.408 e.